The Balaban J connectivity index is 2.71. The zero-order valence-electron chi connectivity index (χ0n) is 8.92. The van der Waals surface area contributed by atoms with E-state index in [0.29, 0.717) is 6.04 Å². The Morgan fingerprint density at radius 3 is 2.40 bits per heavy atom. The molecule has 0 aromatic heterocycles. The molecule has 2 heteroatoms. The number of nitrogens with one attached hydrogen (secondary N) is 1. The molecule has 1 nitrogen and oxygen atoms in total. The summed E-state index contributed by atoms with van der Waals surface area (Å²) >= 11 is 3.58. The summed E-state index contributed by atoms with van der Waals surface area (Å²) in [6.07, 6.45) is 0. The molecule has 2 aromatic rings. The van der Waals surface area contributed by atoms with E-state index < -0.39 is 0 Å². The molecule has 0 spiro atoms. The number of halogens is 1. The van der Waals surface area contributed by atoms with Gasteiger partial charge in [-0.15, -0.1) is 0 Å². The normalized spacial score (nSPS) is 13.0. The van der Waals surface area contributed by atoms with E-state index in [1.807, 2.05) is 7.05 Å². The fraction of sp³-hybridized carbons (Fsp3) is 0.231. The highest BCUT2D eigenvalue weighted by atomic mass is 79.9. The van der Waals surface area contributed by atoms with Gasteiger partial charge in [0.15, 0.2) is 0 Å². The first-order chi connectivity index (χ1) is 7.24. The first kappa shape index (κ1) is 10.7. The van der Waals surface area contributed by atoms with E-state index >= 15 is 0 Å². The molecular formula is C13H14BrN. The molecule has 2 rings (SSSR count). The van der Waals surface area contributed by atoms with Crippen molar-refractivity contribution in [2.24, 2.45) is 0 Å². The van der Waals surface area contributed by atoms with Gasteiger partial charge < -0.3 is 5.32 Å². The van der Waals surface area contributed by atoms with Crippen molar-refractivity contribution in [3.05, 3.63) is 46.4 Å². The van der Waals surface area contributed by atoms with Gasteiger partial charge in [0.05, 0.1) is 0 Å². The molecule has 0 aliphatic heterocycles. The minimum Gasteiger partial charge on any atom is -0.313 e. The van der Waals surface area contributed by atoms with Crippen LogP contribution in [0.15, 0.2) is 40.9 Å². The summed E-state index contributed by atoms with van der Waals surface area (Å²) in [4.78, 5) is 0. The second-order valence-corrected chi connectivity index (χ2v) is 4.55. The van der Waals surface area contributed by atoms with Gasteiger partial charge in [-0.3, -0.25) is 0 Å². The number of hydrogen-bond donors (Lipinski definition) is 1. The fourth-order valence-corrected chi connectivity index (χ4v) is 2.30. The van der Waals surface area contributed by atoms with Crippen LogP contribution in [0.2, 0.25) is 0 Å². The maximum Gasteiger partial charge on any atom is 0.0295 e. The molecule has 78 valence electrons. The second-order valence-electron chi connectivity index (χ2n) is 3.69. The standard InChI is InChI=1S/C13H14BrN/c1-9(15-2)10-7-8-13(14)12-6-4-3-5-11(10)12/h3-9,15H,1-2H3. The molecule has 0 saturated heterocycles. The van der Waals surface area contributed by atoms with Crippen LogP contribution in [-0.4, -0.2) is 7.05 Å². The largest absolute Gasteiger partial charge is 0.313 e. The third-order valence-electron chi connectivity index (χ3n) is 2.80. The summed E-state index contributed by atoms with van der Waals surface area (Å²) in [5.41, 5.74) is 1.34. The van der Waals surface area contributed by atoms with Crippen molar-refractivity contribution in [2.45, 2.75) is 13.0 Å². The van der Waals surface area contributed by atoms with Crippen molar-refractivity contribution in [2.75, 3.05) is 7.05 Å². The lowest BCUT2D eigenvalue weighted by Gasteiger charge is -2.14. The summed E-state index contributed by atoms with van der Waals surface area (Å²) in [6.45, 7) is 2.18. The van der Waals surface area contributed by atoms with Gasteiger partial charge in [0, 0.05) is 10.5 Å². The smallest absolute Gasteiger partial charge is 0.0295 e. The number of benzene rings is 2. The van der Waals surface area contributed by atoms with E-state index in [2.05, 4.69) is 64.6 Å². The molecular weight excluding hydrogens is 250 g/mol. The maximum atomic E-state index is 3.58. The first-order valence-corrected chi connectivity index (χ1v) is 5.87. The zero-order valence-corrected chi connectivity index (χ0v) is 10.5. The molecule has 0 aliphatic rings. The average Bonchev–Trinajstić information content (AvgIpc) is 2.29. The SMILES string of the molecule is CNC(C)c1ccc(Br)c2ccccc12. The molecule has 0 radical (unpaired) electrons. The molecule has 0 amide bonds. The van der Waals surface area contributed by atoms with Crippen molar-refractivity contribution in [3.63, 3.8) is 0 Å². The number of fused-ring (bicyclic) bond motifs is 1. The van der Waals surface area contributed by atoms with Crippen molar-refractivity contribution in [3.8, 4) is 0 Å². The van der Waals surface area contributed by atoms with E-state index in [1.54, 1.807) is 0 Å². The van der Waals surface area contributed by atoms with Gasteiger partial charge in [0.25, 0.3) is 0 Å². The van der Waals surface area contributed by atoms with Crippen LogP contribution in [0.25, 0.3) is 10.8 Å². The minimum atomic E-state index is 0.378. The topological polar surface area (TPSA) is 12.0 Å². The quantitative estimate of drug-likeness (QED) is 0.867. The van der Waals surface area contributed by atoms with Crippen LogP contribution < -0.4 is 5.32 Å². The predicted molar refractivity (Wildman–Crippen MR) is 69.1 cm³/mol. The van der Waals surface area contributed by atoms with Crippen LogP contribution in [0.4, 0.5) is 0 Å². The summed E-state index contributed by atoms with van der Waals surface area (Å²) in [6, 6.07) is 13.1. The predicted octanol–water partition coefficient (Wildman–Crippen LogP) is 3.88. The molecule has 1 unspecified atom stereocenters. The molecule has 0 bridgehead atoms. The Morgan fingerprint density at radius 1 is 1.07 bits per heavy atom. The summed E-state index contributed by atoms with van der Waals surface area (Å²) in [5.74, 6) is 0. The van der Waals surface area contributed by atoms with Crippen molar-refractivity contribution >= 4 is 26.7 Å². The summed E-state index contributed by atoms with van der Waals surface area (Å²) in [7, 11) is 1.99. The first-order valence-electron chi connectivity index (χ1n) is 5.08. The number of hydrogen-bond acceptors (Lipinski definition) is 1. The van der Waals surface area contributed by atoms with Gasteiger partial charge in [0.2, 0.25) is 0 Å². The van der Waals surface area contributed by atoms with E-state index in [0.717, 1.165) is 4.47 Å². The minimum absolute atomic E-state index is 0.378. The Bertz CT molecular complexity index is 479. The van der Waals surface area contributed by atoms with E-state index in [1.165, 1.54) is 16.3 Å². The lowest BCUT2D eigenvalue weighted by atomic mass is 10.00. The highest BCUT2D eigenvalue weighted by Crippen LogP contribution is 2.29. The van der Waals surface area contributed by atoms with Gasteiger partial charge in [-0.2, -0.15) is 0 Å². The van der Waals surface area contributed by atoms with Crippen LogP contribution in [0, 0.1) is 0 Å². The van der Waals surface area contributed by atoms with Gasteiger partial charge >= 0.3 is 0 Å². The van der Waals surface area contributed by atoms with E-state index in [4.69, 9.17) is 0 Å². The van der Waals surface area contributed by atoms with Crippen molar-refractivity contribution in [1.29, 1.82) is 0 Å². The Labute approximate surface area is 98.6 Å². The molecule has 0 saturated carbocycles. The molecule has 0 aliphatic carbocycles. The highest BCUT2D eigenvalue weighted by molar-refractivity contribution is 9.10. The Morgan fingerprint density at radius 2 is 1.73 bits per heavy atom. The summed E-state index contributed by atoms with van der Waals surface area (Å²) in [5, 5.41) is 5.87. The second kappa shape index (κ2) is 4.33. The van der Waals surface area contributed by atoms with Gasteiger partial charge in [-0.1, -0.05) is 46.3 Å². The van der Waals surface area contributed by atoms with Crippen molar-refractivity contribution in [1.82, 2.24) is 5.32 Å². The molecule has 15 heavy (non-hydrogen) atoms. The maximum absolute atomic E-state index is 3.58. The average molecular weight is 264 g/mol. The van der Waals surface area contributed by atoms with Crippen LogP contribution in [-0.2, 0) is 0 Å². The monoisotopic (exact) mass is 263 g/mol. The summed E-state index contributed by atoms with van der Waals surface area (Å²) < 4.78 is 1.16. The van der Waals surface area contributed by atoms with E-state index in [-0.39, 0.29) is 0 Å². The van der Waals surface area contributed by atoms with Gasteiger partial charge in [-0.25, -0.2) is 0 Å². The van der Waals surface area contributed by atoms with Crippen molar-refractivity contribution < 1.29 is 0 Å². The van der Waals surface area contributed by atoms with Crippen LogP contribution in [0.1, 0.15) is 18.5 Å². The lowest BCUT2D eigenvalue weighted by molar-refractivity contribution is 0.657. The molecule has 0 fully saturated rings. The fourth-order valence-electron chi connectivity index (χ4n) is 1.82. The molecule has 1 N–H and O–H groups in total. The molecule has 0 heterocycles. The van der Waals surface area contributed by atoms with Crippen LogP contribution >= 0.6 is 15.9 Å². The van der Waals surface area contributed by atoms with Crippen LogP contribution in [0.5, 0.6) is 0 Å². The molecule has 1 atom stereocenters. The highest BCUT2D eigenvalue weighted by Gasteiger charge is 2.08. The third-order valence-corrected chi connectivity index (χ3v) is 3.50. The van der Waals surface area contributed by atoms with Gasteiger partial charge in [-0.05, 0) is 36.4 Å². The zero-order chi connectivity index (χ0) is 10.8. The van der Waals surface area contributed by atoms with Crippen LogP contribution in [0.3, 0.4) is 0 Å². The lowest BCUT2D eigenvalue weighted by Crippen LogP contribution is -2.12. The number of rotatable bonds is 2. The Hall–Kier alpha value is -0.860. The molecule has 2 aromatic carbocycles. The van der Waals surface area contributed by atoms with Gasteiger partial charge in [0.1, 0.15) is 0 Å². The van der Waals surface area contributed by atoms with E-state index in [9.17, 15) is 0 Å². The third kappa shape index (κ3) is 1.92. The Kier molecular flexibility index (Phi) is 3.08.